The Morgan fingerprint density at radius 1 is 1.00 bits per heavy atom. The van der Waals surface area contributed by atoms with Crippen LogP contribution in [0.4, 0.5) is 0 Å². The van der Waals surface area contributed by atoms with Crippen LogP contribution < -0.4 is 14.2 Å². The van der Waals surface area contributed by atoms with E-state index in [0.29, 0.717) is 5.75 Å². The zero-order valence-electron chi connectivity index (χ0n) is 12.7. The highest BCUT2D eigenvalue weighted by atomic mass is 32.2. The fourth-order valence-electron chi connectivity index (χ4n) is 2.10. The largest absolute Gasteiger partial charge is 0.497 e. The monoisotopic (exact) mass is 321 g/mol. The van der Waals surface area contributed by atoms with Crippen molar-refractivity contribution in [3.63, 3.8) is 0 Å². The first kappa shape index (κ1) is 16.3. The highest BCUT2D eigenvalue weighted by molar-refractivity contribution is 7.89. The summed E-state index contributed by atoms with van der Waals surface area (Å²) in [5.41, 5.74) is 0.888. The Morgan fingerprint density at radius 2 is 1.68 bits per heavy atom. The molecule has 0 unspecified atom stereocenters. The van der Waals surface area contributed by atoms with E-state index in [0.717, 1.165) is 5.56 Å². The van der Waals surface area contributed by atoms with Gasteiger partial charge in [0, 0.05) is 12.1 Å². The van der Waals surface area contributed by atoms with Crippen LogP contribution in [0.25, 0.3) is 0 Å². The molecular formula is C16H19NO4S. The molecule has 0 aliphatic carbocycles. The Labute approximate surface area is 130 Å². The van der Waals surface area contributed by atoms with Crippen LogP contribution in [0.3, 0.4) is 0 Å². The Balaban J connectivity index is 2.31. The summed E-state index contributed by atoms with van der Waals surface area (Å²) in [6.07, 6.45) is 0. The summed E-state index contributed by atoms with van der Waals surface area (Å²) >= 11 is 0. The molecular weight excluding hydrogens is 302 g/mol. The minimum Gasteiger partial charge on any atom is -0.497 e. The standard InChI is InChI=1S/C16H19NO4S/c1-12(13-7-5-4-6-8-13)17-22(18,19)16-10-9-14(20-2)11-15(16)21-3/h4-12,17H,1-3H3/t12-/m0/s1. The van der Waals surface area contributed by atoms with Crippen molar-refractivity contribution in [2.24, 2.45) is 0 Å². The minimum absolute atomic E-state index is 0.0820. The SMILES string of the molecule is COc1ccc(S(=O)(=O)N[C@@H](C)c2ccccc2)c(OC)c1. The number of hydrogen-bond acceptors (Lipinski definition) is 4. The third-order valence-electron chi connectivity index (χ3n) is 3.29. The van der Waals surface area contributed by atoms with Gasteiger partial charge in [0.05, 0.1) is 14.2 Å². The lowest BCUT2D eigenvalue weighted by Gasteiger charge is -2.16. The number of nitrogens with one attached hydrogen (secondary N) is 1. The average Bonchev–Trinajstić information content (AvgIpc) is 2.54. The van der Waals surface area contributed by atoms with Crippen molar-refractivity contribution in [1.29, 1.82) is 0 Å². The molecule has 2 aromatic carbocycles. The summed E-state index contributed by atoms with van der Waals surface area (Å²) in [7, 11) is -0.768. The molecule has 2 aromatic rings. The van der Waals surface area contributed by atoms with E-state index in [1.54, 1.807) is 19.1 Å². The second kappa shape index (κ2) is 6.81. The molecule has 6 heteroatoms. The van der Waals surface area contributed by atoms with Crippen molar-refractivity contribution >= 4 is 10.0 Å². The van der Waals surface area contributed by atoms with E-state index in [4.69, 9.17) is 9.47 Å². The third-order valence-corrected chi connectivity index (χ3v) is 4.87. The predicted molar refractivity (Wildman–Crippen MR) is 84.7 cm³/mol. The van der Waals surface area contributed by atoms with E-state index in [1.165, 1.54) is 20.3 Å². The van der Waals surface area contributed by atoms with Crippen molar-refractivity contribution in [3.05, 3.63) is 54.1 Å². The second-order valence-corrected chi connectivity index (χ2v) is 6.45. The fraction of sp³-hybridized carbons (Fsp3) is 0.250. The van der Waals surface area contributed by atoms with Crippen LogP contribution in [0.15, 0.2) is 53.4 Å². The van der Waals surface area contributed by atoms with Crippen molar-refractivity contribution in [2.45, 2.75) is 17.9 Å². The summed E-state index contributed by atoms with van der Waals surface area (Å²) in [5.74, 6) is 0.777. The summed E-state index contributed by atoms with van der Waals surface area (Å²) in [6, 6.07) is 13.6. The van der Waals surface area contributed by atoms with Crippen LogP contribution in [0.5, 0.6) is 11.5 Å². The van der Waals surface area contributed by atoms with Crippen molar-refractivity contribution in [2.75, 3.05) is 14.2 Å². The molecule has 0 spiro atoms. The summed E-state index contributed by atoms with van der Waals surface area (Å²) < 4.78 is 38.0. The first-order valence-corrected chi connectivity index (χ1v) is 8.25. The number of methoxy groups -OCH3 is 2. The Hall–Kier alpha value is -2.05. The molecule has 0 bridgehead atoms. The first-order chi connectivity index (χ1) is 10.5. The van der Waals surface area contributed by atoms with Gasteiger partial charge in [0.25, 0.3) is 0 Å². The number of sulfonamides is 1. The quantitative estimate of drug-likeness (QED) is 0.888. The van der Waals surface area contributed by atoms with Crippen molar-refractivity contribution in [3.8, 4) is 11.5 Å². The van der Waals surface area contributed by atoms with Gasteiger partial charge >= 0.3 is 0 Å². The molecule has 22 heavy (non-hydrogen) atoms. The van der Waals surface area contributed by atoms with Gasteiger partial charge < -0.3 is 9.47 Å². The Bertz CT molecular complexity index is 729. The lowest BCUT2D eigenvalue weighted by molar-refractivity contribution is 0.385. The summed E-state index contributed by atoms with van der Waals surface area (Å²) in [4.78, 5) is 0.0820. The summed E-state index contributed by atoms with van der Waals surface area (Å²) in [5, 5.41) is 0. The molecule has 2 rings (SSSR count). The van der Waals surface area contributed by atoms with Gasteiger partial charge in [-0.15, -0.1) is 0 Å². The highest BCUT2D eigenvalue weighted by Crippen LogP contribution is 2.29. The number of benzene rings is 2. The van der Waals surface area contributed by atoms with Gasteiger partial charge in [-0.25, -0.2) is 13.1 Å². The third kappa shape index (κ3) is 3.58. The van der Waals surface area contributed by atoms with E-state index in [-0.39, 0.29) is 16.7 Å². The van der Waals surface area contributed by atoms with Crippen LogP contribution in [0, 0.1) is 0 Å². The first-order valence-electron chi connectivity index (χ1n) is 6.77. The number of hydrogen-bond donors (Lipinski definition) is 1. The van der Waals surface area contributed by atoms with Crippen molar-refractivity contribution < 1.29 is 17.9 Å². The topological polar surface area (TPSA) is 64.6 Å². The second-order valence-electron chi connectivity index (χ2n) is 4.77. The molecule has 0 aliphatic rings. The van der Waals surface area contributed by atoms with Crippen LogP contribution in [-0.2, 0) is 10.0 Å². The molecule has 118 valence electrons. The lowest BCUT2D eigenvalue weighted by Crippen LogP contribution is -2.27. The highest BCUT2D eigenvalue weighted by Gasteiger charge is 2.22. The van der Waals surface area contributed by atoms with Gasteiger partial charge in [-0.05, 0) is 24.6 Å². The predicted octanol–water partition coefficient (Wildman–Crippen LogP) is 2.74. The maximum Gasteiger partial charge on any atom is 0.244 e. The van der Waals surface area contributed by atoms with Gasteiger partial charge in [0.15, 0.2) is 0 Å². The maximum atomic E-state index is 12.6. The molecule has 0 aliphatic heterocycles. The molecule has 0 aromatic heterocycles. The molecule has 0 saturated heterocycles. The molecule has 0 heterocycles. The molecule has 1 atom stereocenters. The van der Waals surface area contributed by atoms with Crippen LogP contribution in [0.2, 0.25) is 0 Å². The van der Waals surface area contributed by atoms with E-state index >= 15 is 0 Å². The van der Waals surface area contributed by atoms with E-state index in [9.17, 15) is 8.42 Å². The van der Waals surface area contributed by atoms with Gasteiger partial charge in [-0.3, -0.25) is 0 Å². The maximum absolute atomic E-state index is 12.6. The molecule has 0 radical (unpaired) electrons. The zero-order valence-corrected chi connectivity index (χ0v) is 13.6. The van der Waals surface area contributed by atoms with Crippen LogP contribution in [-0.4, -0.2) is 22.6 Å². The average molecular weight is 321 g/mol. The minimum atomic E-state index is -3.71. The Kier molecular flexibility index (Phi) is 5.05. The summed E-state index contributed by atoms with van der Waals surface area (Å²) in [6.45, 7) is 1.79. The molecule has 5 nitrogen and oxygen atoms in total. The number of ether oxygens (including phenoxy) is 2. The normalized spacial score (nSPS) is 12.7. The zero-order chi connectivity index (χ0) is 16.2. The molecule has 1 N–H and O–H groups in total. The van der Waals surface area contributed by atoms with Crippen LogP contribution in [0.1, 0.15) is 18.5 Å². The molecule has 0 saturated carbocycles. The van der Waals surface area contributed by atoms with Gasteiger partial charge in [-0.2, -0.15) is 0 Å². The smallest absolute Gasteiger partial charge is 0.244 e. The Morgan fingerprint density at radius 3 is 2.27 bits per heavy atom. The molecule has 0 fully saturated rings. The van der Waals surface area contributed by atoms with Crippen molar-refractivity contribution in [1.82, 2.24) is 4.72 Å². The van der Waals surface area contributed by atoms with E-state index in [2.05, 4.69) is 4.72 Å². The van der Waals surface area contributed by atoms with E-state index in [1.807, 2.05) is 30.3 Å². The lowest BCUT2D eigenvalue weighted by atomic mass is 10.1. The molecule has 0 amide bonds. The van der Waals surface area contributed by atoms with Gasteiger partial charge in [0.2, 0.25) is 10.0 Å². The van der Waals surface area contributed by atoms with Gasteiger partial charge in [-0.1, -0.05) is 30.3 Å². The van der Waals surface area contributed by atoms with Gasteiger partial charge in [0.1, 0.15) is 16.4 Å². The van der Waals surface area contributed by atoms with Crippen LogP contribution >= 0.6 is 0 Å². The number of rotatable bonds is 6. The fourth-order valence-corrected chi connectivity index (χ4v) is 3.49. The van der Waals surface area contributed by atoms with E-state index < -0.39 is 10.0 Å².